The molecule has 2 aliphatic carbocycles. The van der Waals surface area contributed by atoms with Crippen molar-refractivity contribution < 1.29 is 14.7 Å². The minimum absolute atomic E-state index is 0.0298. The topological polar surface area (TPSA) is 81.7 Å². The van der Waals surface area contributed by atoms with E-state index in [1.807, 2.05) is 39.6 Å². The van der Waals surface area contributed by atoms with E-state index < -0.39 is 6.10 Å². The van der Waals surface area contributed by atoms with Crippen molar-refractivity contribution in [3.05, 3.63) is 0 Å². The van der Waals surface area contributed by atoms with Crippen molar-refractivity contribution in [1.29, 1.82) is 0 Å². The van der Waals surface area contributed by atoms with Gasteiger partial charge in [-0.2, -0.15) is 0 Å². The maximum Gasteiger partial charge on any atom is 0.225 e. The molecular formula is C35H67N3O3. The van der Waals surface area contributed by atoms with Gasteiger partial charge >= 0.3 is 0 Å². The summed E-state index contributed by atoms with van der Waals surface area (Å²) in [6, 6.07) is 0.750. The van der Waals surface area contributed by atoms with Gasteiger partial charge in [0, 0.05) is 43.6 Å². The van der Waals surface area contributed by atoms with Gasteiger partial charge in [0.05, 0.1) is 6.10 Å². The zero-order valence-electron chi connectivity index (χ0n) is 28.3. The summed E-state index contributed by atoms with van der Waals surface area (Å²) >= 11 is 0. The van der Waals surface area contributed by atoms with Crippen molar-refractivity contribution in [3.8, 4) is 0 Å². The van der Waals surface area contributed by atoms with Crippen LogP contribution in [-0.4, -0.2) is 59.6 Å². The lowest BCUT2D eigenvalue weighted by molar-refractivity contribution is -0.149. The Kier molecular flexibility index (Phi) is 15.1. The van der Waals surface area contributed by atoms with Crippen LogP contribution in [-0.2, 0) is 9.59 Å². The first-order valence-corrected chi connectivity index (χ1v) is 17.3. The molecule has 0 aromatic heterocycles. The molecule has 9 atom stereocenters. The molecule has 3 N–H and O–H groups in total. The summed E-state index contributed by atoms with van der Waals surface area (Å²) in [6.45, 7) is 17.8. The molecule has 2 amide bonds. The third kappa shape index (κ3) is 11.1. The van der Waals surface area contributed by atoms with E-state index in [2.05, 4.69) is 38.3 Å². The van der Waals surface area contributed by atoms with E-state index in [-0.39, 0.29) is 35.1 Å². The predicted octanol–water partition coefficient (Wildman–Crippen LogP) is 6.94. The van der Waals surface area contributed by atoms with Crippen LogP contribution in [0.4, 0.5) is 0 Å². The smallest absolute Gasteiger partial charge is 0.225 e. The number of aliphatic hydroxyl groups is 1. The van der Waals surface area contributed by atoms with E-state index in [0.29, 0.717) is 36.2 Å². The molecule has 4 fully saturated rings. The van der Waals surface area contributed by atoms with Crippen LogP contribution >= 0.6 is 0 Å². The van der Waals surface area contributed by atoms with Crippen molar-refractivity contribution in [3.63, 3.8) is 0 Å². The first-order chi connectivity index (χ1) is 19.3. The van der Waals surface area contributed by atoms with Gasteiger partial charge in [0.25, 0.3) is 0 Å². The molecule has 2 aliphatic heterocycles. The highest BCUT2D eigenvalue weighted by molar-refractivity contribution is 5.81. The first kappa shape index (κ1) is 36.1. The number of carbonyl (C=O) groups excluding carboxylic acids is 2. The summed E-state index contributed by atoms with van der Waals surface area (Å²) in [5, 5.41) is 17.2. The molecule has 0 spiro atoms. The van der Waals surface area contributed by atoms with Crippen LogP contribution < -0.4 is 10.6 Å². The van der Waals surface area contributed by atoms with Gasteiger partial charge in [0.15, 0.2) is 0 Å². The molecule has 0 aromatic rings. The maximum absolute atomic E-state index is 13.4. The van der Waals surface area contributed by atoms with Crippen molar-refractivity contribution in [1.82, 2.24) is 15.5 Å². The van der Waals surface area contributed by atoms with Gasteiger partial charge < -0.3 is 20.6 Å². The second-order valence-corrected chi connectivity index (χ2v) is 15.1. The molecule has 6 nitrogen and oxygen atoms in total. The van der Waals surface area contributed by atoms with Gasteiger partial charge in [0.1, 0.15) is 0 Å². The molecule has 2 saturated carbocycles. The summed E-state index contributed by atoms with van der Waals surface area (Å²) in [4.78, 5) is 28.5. The third-order valence-corrected chi connectivity index (χ3v) is 10.4. The van der Waals surface area contributed by atoms with Crippen LogP contribution in [0.25, 0.3) is 0 Å². The lowest BCUT2D eigenvalue weighted by Crippen LogP contribution is -2.60. The van der Waals surface area contributed by atoms with Crippen LogP contribution in [0.15, 0.2) is 0 Å². The Morgan fingerprint density at radius 2 is 1.61 bits per heavy atom. The molecule has 4 aliphatic rings. The minimum Gasteiger partial charge on any atom is -0.393 e. The average Bonchev–Trinajstić information content (AvgIpc) is 3.51. The lowest BCUT2D eigenvalue weighted by Gasteiger charge is -2.50. The summed E-state index contributed by atoms with van der Waals surface area (Å²) in [7, 11) is 1.99. The predicted molar refractivity (Wildman–Crippen MR) is 172 cm³/mol. The van der Waals surface area contributed by atoms with Gasteiger partial charge in [-0.05, 0) is 75.5 Å². The number of amides is 2. The number of unbranched alkanes of at least 4 members (excludes halogenated alkanes) is 1. The number of piperidine rings is 2. The van der Waals surface area contributed by atoms with E-state index >= 15 is 0 Å². The Morgan fingerprint density at radius 1 is 1.02 bits per heavy atom. The fourth-order valence-electron chi connectivity index (χ4n) is 7.20. The molecule has 9 unspecified atom stereocenters. The number of aliphatic hydroxyl groups excluding tert-OH is 1. The Labute approximate surface area is 253 Å². The highest BCUT2D eigenvalue weighted by Crippen LogP contribution is 2.44. The average molecular weight is 578 g/mol. The van der Waals surface area contributed by atoms with Crippen LogP contribution in [0.5, 0.6) is 0 Å². The summed E-state index contributed by atoms with van der Waals surface area (Å²) < 4.78 is 0. The zero-order chi connectivity index (χ0) is 30.7. The number of rotatable bonds is 6. The number of carbonyl (C=O) groups is 2. The van der Waals surface area contributed by atoms with Gasteiger partial charge in [-0.25, -0.2) is 0 Å². The van der Waals surface area contributed by atoms with E-state index in [0.717, 1.165) is 38.6 Å². The molecule has 6 heteroatoms. The second-order valence-electron chi connectivity index (χ2n) is 15.1. The van der Waals surface area contributed by atoms with Crippen molar-refractivity contribution in [2.45, 2.75) is 163 Å². The molecule has 2 heterocycles. The maximum atomic E-state index is 13.4. The van der Waals surface area contributed by atoms with E-state index in [1.165, 1.54) is 44.9 Å². The Bertz CT molecular complexity index is 768. The minimum atomic E-state index is -0.452. The quantitative estimate of drug-likeness (QED) is 0.319. The Balaban J connectivity index is 0.000000560. The normalized spacial score (nSPS) is 33.4. The largest absolute Gasteiger partial charge is 0.393 e. The highest BCUT2D eigenvalue weighted by atomic mass is 16.3. The summed E-state index contributed by atoms with van der Waals surface area (Å²) in [6.07, 6.45) is 14.9. The van der Waals surface area contributed by atoms with Gasteiger partial charge in [-0.3, -0.25) is 9.59 Å². The molecule has 0 aromatic carbocycles. The monoisotopic (exact) mass is 578 g/mol. The standard InChI is InChI=1S/C26H47N3O3.C5H10.C4H10/c1-15-8-9-18(24(31)28-17(3)11-23(30)26(4,5)6)12-20(15)21-13-19-14-27-16(2)10-22(19)29(7)25(21)32;1-2-4-5-3-1;1-3-4-2/h15-23,27,30H,8-14H2,1-7H3,(H,28,31);1-5H2;3-4H2,1-2H3. The molecule has 2 saturated heterocycles. The number of likely N-dealkylation sites (tertiary alicyclic amines) is 1. The fourth-order valence-corrected chi connectivity index (χ4v) is 7.20. The van der Waals surface area contributed by atoms with Gasteiger partial charge in [0.2, 0.25) is 11.8 Å². The van der Waals surface area contributed by atoms with Crippen molar-refractivity contribution in [2.24, 2.45) is 35.0 Å². The number of nitrogens with zero attached hydrogens (tertiary/aromatic N) is 1. The lowest BCUT2D eigenvalue weighted by atomic mass is 9.64. The molecule has 0 radical (unpaired) electrons. The molecule has 4 rings (SSSR count). The van der Waals surface area contributed by atoms with Crippen LogP contribution in [0, 0.1) is 35.0 Å². The Hall–Kier alpha value is -1.14. The number of fused-ring (bicyclic) bond motifs is 1. The molecule has 0 bridgehead atoms. The van der Waals surface area contributed by atoms with Crippen LogP contribution in [0.3, 0.4) is 0 Å². The summed E-state index contributed by atoms with van der Waals surface area (Å²) in [5.41, 5.74) is -0.193. The zero-order valence-corrected chi connectivity index (χ0v) is 28.3. The van der Waals surface area contributed by atoms with E-state index in [4.69, 9.17) is 0 Å². The van der Waals surface area contributed by atoms with Gasteiger partial charge in [-0.15, -0.1) is 0 Å². The van der Waals surface area contributed by atoms with Crippen molar-refractivity contribution in [2.75, 3.05) is 13.6 Å². The third-order valence-electron chi connectivity index (χ3n) is 10.4. The van der Waals surface area contributed by atoms with Crippen LogP contribution in [0.1, 0.15) is 139 Å². The first-order valence-electron chi connectivity index (χ1n) is 17.3. The SMILES string of the molecule is C1CCCC1.CC1CC2C(CN1)CC(C1CC(C(=O)NC(C)CC(O)C(C)(C)C)CCC1C)C(=O)N2C.CCCC. The number of hydrogen-bond donors (Lipinski definition) is 3. The van der Waals surface area contributed by atoms with Crippen molar-refractivity contribution >= 4 is 11.8 Å². The number of hydrogen-bond acceptors (Lipinski definition) is 4. The molecule has 41 heavy (non-hydrogen) atoms. The summed E-state index contributed by atoms with van der Waals surface area (Å²) in [5.74, 6) is 1.63. The highest BCUT2D eigenvalue weighted by Gasteiger charge is 2.47. The van der Waals surface area contributed by atoms with Crippen LogP contribution in [0.2, 0.25) is 0 Å². The molecular weight excluding hydrogens is 510 g/mol. The fraction of sp³-hybridized carbons (Fsp3) is 0.943. The molecule has 240 valence electrons. The Morgan fingerprint density at radius 3 is 2.15 bits per heavy atom. The van der Waals surface area contributed by atoms with Gasteiger partial charge in [-0.1, -0.05) is 86.5 Å². The second kappa shape index (κ2) is 17.2. The van der Waals surface area contributed by atoms with E-state index in [1.54, 1.807) is 0 Å². The van der Waals surface area contributed by atoms with E-state index in [9.17, 15) is 14.7 Å². The number of nitrogens with one attached hydrogen (secondary N) is 2.